The van der Waals surface area contributed by atoms with Crippen molar-refractivity contribution in [1.29, 1.82) is 0 Å². The van der Waals surface area contributed by atoms with Crippen LogP contribution in [0.5, 0.6) is 0 Å². The highest BCUT2D eigenvalue weighted by molar-refractivity contribution is 5.79. The third kappa shape index (κ3) is 5.58. The van der Waals surface area contributed by atoms with Crippen molar-refractivity contribution in [1.82, 2.24) is 10.6 Å². The summed E-state index contributed by atoms with van der Waals surface area (Å²) in [5.41, 5.74) is 4.64. The summed E-state index contributed by atoms with van der Waals surface area (Å²) in [4.78, 5) is 35.9. The highest BCUT2D eigenvalue weighted by Gasteiger charge is 2.29. The number of carboxylic acids is 1. The molecule has 7 nitrogen and oxygen atoms in total. The van der Waals surface area contributed by atoms with E-state index in [2.05, 4.69) is 34.9 Å². The maximum absolute atomic E-state index is 12.4. The molecule has 1 fully saturated rings. The normalized spacial score (nSPS) is 20.0. The zero-order valence-corrected chi connectivity index (χ0v) is 19.5. The number of nitrogens with one attached hydrogen (secondary N) is 2. The third-order valence-electron chi connectivity index (χ3n) is 6.92. The zero-order chi connectivity index (χ0) is 24.1. The standard InChI is InChI=1S/C27H32N2O5/c1-17(13-25(30)28-15-18-7-6-8-19(14-18)26(31)32)29-27(33)34-16-24-22-11-4-2-9-20(22)21-10-3-5-12-23(21)24/h2-5,9-12,17-19,24H,6-8,13-16H2,1H3,(H,28,30)(H,29,33)(H,31,32)/t17-,18?,19?/m0/s1. The second kappa shape index (κ2) is 10.7. The fraction of sp³-hybridized carbons (Fsp3) is 0.444. The number of benzene rings is 2. The molecule has 0 heterocycles. The number of amides is 2. The van der Waals surface area contributed by atoms with Gasteiger partial charge in [0.2, 0.25) is 5.91 Å². The number of carboxylic acid groups (broad SMARTS) is 1. The van der Waals surface area contributed by atoms with Crippen LogP contribution in [-0.2, 0) is 14.3 Å². The number of carbonyl (C=O) groups is 3. The number of fused-ring (bicyclic) bond motifs is 3. The Morgan fingerprint density at radius 1 is 1.03 bits per heavy atom. The SMILES string of the molecule is C[C@@H](CC(=O)NCC1CCCC(C(=O)O)C1)NC(=O)OCC1c2ccccc2-c2ccccc21. The first kappa shape index (κ1) is 23.8. The molecule has 2 aromatic carbocycles. The highest BCUT2D eigenvalue weighted by atomic mass is 16.5. The summed E-state index contributed by atoms with van der Waals surface area (Å²) in [7, 11) is 0. The summed E-state index contributed by atoms with van der Waals surface area (Å²) >= 11 is 0. The number of hydrogen-bond acceptors (Lipinski definition) is 4. The van der Waals surface area contributed by atoms with Gasteiger partial charge in [0.15, 0.2) is 0 Å². The Kier molecular flexibility index (Phi) is 7.50. The molecular formula is C27H32N2O5. The minimum atomic E-state index is -0.753. The van der Waals surface area contributed by atoms with Crippen LogP contribution in [0, 0.1) is 11.8 Å². The predicted molar refractivity (Wildman–Crippen MR) is 128 cm³/mol. The van der Waals surface area contributed by atoms with E-state index in [0.717, 1.165) is 24.0 Å². The molecule has 180 valence electrons. The van der Waals surface area contributed by atoms with Gasteiger partial charge in [-0.3, -0.25) is 9.59 Å². The van der Waals surface area contributed by atoms with Crippen LogP contribution >= 0.6 is 0 Å². The maximum Gasteiger partial charge on any atom is 0.407 e. The van der Waals surface area contributed by atoms with Crippen molar-refractivity contribution in [2.75, 3.05) is 13.2 Å². The first-order chi connectivity index (χ1) is 16.4. The molecule has 2 aliphatic carbocycles. The Bertz CT molecular complexity index is 1010. The van der Waals surface area contributed by atoms with Crippen molar-refractivity contribution >= 4 is 18.0 Å². The van der Waals surface area contributed by atoms with Crippen LogP contribution in [0.4, 0.5) is 4.79 Å². The van der Waals surface area contributed by atoms with Crippen LogP contribution in [0.15, 0.2) is 48.5 Å². The lowest BCUT2D eigenvalue weighted by Crippen LogP contribution is -2.39. The van der Waals surface area contributed by atoms with Gasteiger partial charge in [-0.2, -0.15) is 0 Å². The van der Waals surface area contributed by atoms with Crippen LogP contribution in [0.2, 0.25) is 0 Å². The fourth-order valence-corrected chi connectivity index (χ4v) is 5.20. The molecule has 7 heteroatoms. The number of rotatable bonds is 8. The molecule has 0 aliphatic heterocycles. The molecule has 1 saturated carbocycles. The van der Waals surface area contributed by atoms with Crippen molar-refractivity contribution in [3.8, 4) is 11.1 Å². The lowest BCUT2D eigenvalue weighted by molar-refractivity contribution is -0.143. The summed E-state index contributed by atoms with van der Waals surface area (Å²) in [6.07, 6.45) is 2.71. The average molecular weight is 465 g/mol. The minimum absolute atomic E-state index is 0.0122. The molecule has 0 saturated heterocycles. The van der Waals surface area contributed by atoms with Crippen LogP contribution in [0.25, 0.3) is 11.1 Å². The van der Waals surface area contributed by atoms with Gasteiger partial charge in [-0.25, -0.2) is 4.79 Å². The van der Waals surface area contributed by atoms with Gasteiger partial charge in [-0.1, -0.05) is 55.0 Å². The number of ether oxygens (including phenoxy) is 1. The number of hydrogen-bond donors (Lipinski definition) is 3. The quantitative estimate of drug-likeness (QED) is 0.540. The van der Waals surface area contributed by atoms with Gasteiger partial charge < -0.3 is 20.5 Å². The van der Waals surface area contributed by atoms with E-state index in [9.17, 15) is 19.5 Å². The molecule has 3 atom stereocenters. The molecule has 2 unspecified atom stereocenters. The van der Waals surface area contributed by atoms with Gasteiger partial charge in [-0.15, -0.1) is 0 Å². The largest absolute Gasteiger partial charge is 0.481 e. The van der Waals surface area contributed by atoms with Crippen molar-refractivity contribution in [3.63, 3.8) is 0 Å². The van der Waals surface area contributed by atoms with Gasteiger partial charge in [0.25, 0.3) is 0 Å². The van der Waals surface area contributed by atoms with E-state index in [-0.39, 0.29) is 42.7 Å². The van der Waals surface area contributed by atoms with Crippen LogP contribution in [0.1, 0.15) is 56.1 Å². The molecule has 4 rings (SSSR count). The molecule has 0 aromatic heterocycles. The lowest BCUT2D eigenvalue weighted by atomic mass is 9.81. The Morgan fingerprint density at radius 3 is 2.32 bits per heavy atom. The van der Waals surface area contributed by atoms with Crippen LogP contribution in [-0.4, -0.2) is 42.3 Å². The molecule has 0 spiro atoms. The maximum atomic E-state index is 12.4. The second-order valence-corrected chi connectivity index (χ2v) is 9.45. The molecule has 34 heavy (non-hydrogen) atoms. The fourth-order valence-electron chi connectivity index (χ4n) is 5.20. The van der Waals surface area contributed by atoms with E-state index in [0.29, 0.717) is 19.4 Å². The topological polar surface area (TPSA) is 105 Å². The van der Waals surface area contributed by atoms with Crippen LogP contribution < -0.4 is 10.6 Å². The van der Waals surface area contributed by atoms with Gasteiger partial charge in [0.05, 0.1) is 5.92 Å². The molecule has 0 bridgehead atoms. The summed E-state index contributed by atoms with van der Waals surface area (Å²) < 4.78 is 5.54. The number of aliphatic carboxylic acids is 1. The monoisotopic (exact) mass is 464 g/mol. The van der Waals surface area contributed by atoms with Gasteiger partial charge in [0.1, 0.15) is 6.61 Å². The first-order valence-corrected chi connectivity index (χ1v) is 12.0. The van der Waals surface area contributed by atoms with E-state index in [4.69, 9.17) is 4.74 Å². The predicted octanol–water partition coefficient (Wildman–Crippen LogP) is 4.31. The van der Waals surface area contributed by atoms with Gasteiger partial charge in [-0.05, 0) is 54.4 Å². The summed E-state index contributed by atoms with van der Waals surface area (Å²) in [5.74, 6) is -1.06. The Balaban J connectivity index is 1.22. The van der Waals surface area contributed by atoms with Crippen molar-refractivity contribution < 1.29 is 24.2 Å². The molecule has 0 radical (unpaired) electrons. The molecule has 3 N–H and O–H groups in total. The second-order valence-electron chi connectivity index (χ2n) is 9.45. The smallest absolute Gasteiger partial charge is 0.407 e. The Hall–Kier alpha value is -3.35. The van der Waals surface area contributed by atoms with E-state index < -0.39 is 12.1 Å². The van der Waals surface area contributed by atoms with E-state index in [1.807, 2.05) is 24.3 Å². The Morgan fingerprint density at radius 2 is 1.68 bits per heavy atom. The molecule has 2 aromatic rings. The van der Waals surface area contributed by atoms with Crippen molar-refractivity contribution in [3.05, 3.63) is 59.7 Å². The third-order valence-corrected chi connectivity index (χ3v) is 6.92. The lowest BCUT2D eigenvalue weighted by Gasteiger charge is -2.26. The van der Waals surface area contributed by atoms with E-state index in [1.54, 1.807) is 6.92 Å². The summed E-state index contributed by atoms with van der Waals surface area (Å²) in [6.45, 7) is 2.47. The van der Waals surface area contributed by atoms with E-state index in [1.165, 1.54) is 11.1 Å². The van der Waals surface area contributed by atoms with Crippen LogP contribution in [0.3, 0.4) is 0 Å². The number of alkyl carbamates (subject to hydrolysis) is 1. The molecule has 2 amide bonds. The van der Waals surface area contributed by atoms with Gasteiger partial charge in [0, 0.05) is 24.9 Å². The van der Waals surface area contributed by atoms with Crippen molar-refractivity contribution in [2.24, 2.45) is 11.8 Å². The zero-order valence-electron chi connectivity index (χ0n) is 19.5. The minimum Gasteiger partial charge on any atom is -0.481 e. The highest BCUT2D eigenvalue weighted by Crippen LogP contribution is 2.44. The van der Waals surface area contributed by atoms with Gasteiger partial charge >= 0.3 is 12.1 Å². The molecular weight excluding hydrogens is 432 g/mol. The Labute approximate surface area is 199 Å². The molecule has 2 aliphatic rings. The average Bonchev–Trinajstić information content (AvgIpc) is 3.15. The summed E-state index contributed by atoms with van der Waals surface area (Å²) in [6, 6.07) is 15.9. The first-order valence-electron chi connectivity index (χ1n) is 12.0. The summed E-state index contributed by atoms with van der Waals surface area (Å²) in [5, 5.41) is 14.8. The van der Waals surface area contributed by atoms with Crippen molar-refractivity contribution in [2.45, 2.75) is 51.0 Å². The number of carbonyl (C=O) groups excluding carboxylic acids is 2. The van der Waals surface area contributed by atoms with E-state index >= 15 is 0 Å².